The lowest BCUT2D eigenvalue weighted by Gasteiger charge is -2.28. The van der Waals surface area contributed by atoms with E-state index in [9.17, 15) is 9.90 Å². The van der Waals surface area contributed by atoms with Crippen LogP contribution in [-0.2, 0) is 23.7 Å². The first-order valence-electron chi connectivity index (χ1n) is 15.2. The molecule has 1 aliphatic carbocycles. The third-order valence-electron chi connectivity index (χ3n) is 7.62. The van der Waals surface area contributed by atoms with Crippen LogP contribution in [0.25, 0.3) is 33.4 Å². The molecule has 2 aromatic rings. The van der Waals surface area contributed by atoms with Gasteiger partial charge in [0.2, 0.25) is 0 Å². The summed E-state index contributed by atoms with van der Waals surface area (Å²) in [5.41, 5.74) is 4.86. The van der Waals surface area contributed by atoms with Crippen LogP contribution in [0.3, 0.4) is 0 Å². The van der Waals surface area contributed by atoms with E-state index in [-0.39, 0.29) is 17.3 Å². The lowest BCUT2D eigenvalue weighted by Crippen LogP contribution is -2.32. The fraction of sp³-hybridized carbons (Fsp3) is 0.400. The highest BCUT2D eigenvalue weighted by molar-refractivity contribution is 6.03. The Labute approximate surface area is 263 Å². The number of nitrogens with zero attached hydrogens (tertiary/aromatic N) is 1. The van der Waals surface area contributed by atoms with Crippen molar-refractivity contribution in [3.63, 3.8) is 0 Å². The van der Waals surface area contributed by atoms with E-state index in [1.54, 1.807) is 31.4 Å². The van der Waals surface area contributed by atoms with E-state index in [1.165, 1.54) is 12.1 Å². The van der Waals surface area contributed by atoms with E-state index in [0.717, 1.165) is 33.3 Å². The molecular weight excluding hydrogens is 578 g/mol. The molecule has 2 heterocycles. The Morgan fingerprint density at radius 2 is 1.73 bits per heavy atom. The number of ether oxygens (including phenoxy) is 6. The highest BCUT2D eigenvalue weighted by Crippen LogP contribution is 2.44. The predicted octanol–water partition coefficient (Wildman–Crippen LogP) is 5.05. The van der Waals surface area contributed by atoms with Crippen molar-refractivity contribution in [2.45, 2.75) is 13.0 Å². The second-order valence-electron chi connectivity index (χ2n) is 10.8. The van der Waals surface area contributed by atoms with Crippen LogP contribution in [0, 0.1) is 6.92 Å². The molecule has 1 atom stereocenters. The molecular formula is C35H41NO9. The zero-order valence-electron chi connectivity index (χ0n) is 25.9. The third kappa shape index (κ3) is 8.22. The third-order valence-corrected chi connectivity index (χ3v) is 7.62. The molecule has 1 unspecified atom stereocenters. The number of phenolic OH excluding ortho intramolecular Hbond substituents is 1. The SMILES string of the molecule is C=CCOCC1COCCOCCN(c2cc(C)c(-c3c4ccc(=O)cc-4oc4cc(O)ccc34)cc2OC)CCOCCO1. The van der Waals surface area contributed by atoms with Crippen molar-refractivity contribution in [1.29, 1.82) is 0 Å². The summed E-state index contributed by atoms with van der Waals surface area (Å²) in [6.45, 7) is 11.0. The molecule has 1 saturated heterocycles. The van der Waals surface area contributed by atoms with Gasteiger partial charge in [0, 0.05) is 41.7 Å². The smallest absolute Gasteiger partial charge is 0.182 e. The van der Waals surface area contributed by atoms with Gasteiger partial charge in [-0.15, -0.1) is 6.58 Å². The first-order valence-corrected chi connectivity index (χ1v) is 15.2. The number of benzene rings is 3. The second kappa shape index (κ2) is 15.9. The number of fused-ring (bicyclic) bond motifs is 2. The fourth-order valence-electron chi connectivity index (χ4n) is 5.44. The normalized spacial score (nSPS) is 17.6. The quantitative estimate of drug-likeness (QED) is 0.172. The van der Waals surface area contributed by atoms with Gasteiger partial charge < -0.3 is 42.8 Å². The minimum Gasteiger partial charge on any atom is -0.508 e. The summed E-state index contributed by atoms with van der Waals surface area (Å²) < 4.78 is 41.1. The summed E-state index contributed by atoms with van der Waals surface area (Å²) in [5, 5.41) is 11.0. The topological polar surface area (TPSA) is 109 Å². The van der Waals surface area contributed by atoms with Gasteiger partial charge in [-0.25, -0.2) is 0 Å². The van der Waals surface area contributed by atoms with Crippen LogP contribution in [0.5, 0.6) is 11.5 Å². The summed E-state index contributed by atoms with van der Waals surface area (Å²) in [4.78, 5) is 14.4. The minimum absolute atomic E-state index is 0.0802. The molecule has 10 heteroatoms. The predicted molar refractivity (Wildman–Crippen MR) is 173 cm³/mol. The lowest BCUT2D eigenvalue weighted by atomic mass is 9.90. The van der Waals surface area contributed by atoms with Crippen LogP contribution < -0.4 is 15.1 Å². The van der Waals surface area contributed by atoms with Crippen molar-refractivity contribution >= 4 is 16.7 Å². The summed E-state index contributed by atoms with van der Waals surface area (Å²) in [6.07, 6.45) is 1.51. The molecule has 5 rings (SSSR count). The standard InChI is InChI=1S/C35H41NO9/c1-4-11-42-22-27-23-43-15-14-40-12-9-36(10-13-41-16-17-44-27)31-18-24(2)30(21-34(31)39-3)35-28-7-5-25(37)19-32(28)45-33-20-26(38)6-8-29(33)35/h4-8,18-21,27,37H,1,9-17,22-23H2,2-3H3. The Morgan fingerprint density at radius 1 is 0.956 bits per heavy atom. The number of hydrogen-bond acceptors (Lipinski definition) is 10. The molecule has 1 fully saturated rings. The van der Waals surface area contributed by atoms with E-state index in [1.807, 2.05) is 19.1 Å². The maximum Gasteiger partial charge on any atom is 0.182 e. The average Bonchev–Trinajstić information content (AvgIpc) is 3.04. The van der Waals surface area contributed by atoms with Gasteiger partial charge in [-0.1, -0.05) is 6.08 Å². The van der Waals surface area contributed by atoms with Gasteiger partial charge in [-0.3, -0.25) is 4.79 Å². The molecule has 0 aromatic heterocycles. The fourth-order valence-corrected chi connectivity index (χ4v) is 5.44. The molecule has 45 heavy (non-hydrogen) atoms. The van der Waals surface area contributed by atoms with Gasteiger partial charge >= 0.3 is 0 Å². The second-order valence-corrected chi connectivity index (χ2v) is 10.8. The van der Waals surface area contributed by atoms with Gasteiger partial charge in [0.1, 0.15) is 28.9 Å². The molecule has 0 saturated carbocycles. The highest BCUT2D eigenvalue weighted by atomic mass is 16.6. The number of rotatable bonds is 7. The van der Waals surface area contributed by atoms with Crippen molar-refractivity contribution in [3.05, 3.63) is 77.0 Å². The molecule has 240 valence electrons. The van der Waals surface area contributed by atoms with Gasteiger partial charge in [-0.2, -0.15) is 0 Å². The van der Waals surface area contributed by atoms with Gasteiger partial charge in [-0.05, 0) is 54.4 Å². The molecule has 2 aromatic carbocycles. The zero-order valence-corrected chi connectivity index (χ0v) is 25.9. The van der Waals surface area contributed by atoms with Gasteiger partial charge in [0.25, 0.3) is 0 Å². The number of methoxy groups -OCH3 is 1. The molecule has 3 aliphatic rings. The van der Waals surface area contributed by atoms with Crippen LogP contribution in [0.4, 0.5) is 5.69 Å². The average molecular weight is 620 g/mol. The minimum atomic E-state index is -0.193. The Morgan fingerprint density at radius 3 is 2.51 bits per heavy atom. The van der Waals surface area contributed by atoms with Crippen LogP contribution in [0.1, 0.15) is 5.56 Å². The number of hydrogen-bond donors (Lipinski definition) is 1. The van der Waals surface area contributed by atoms with Crippen molar-refractivity contribution < 1.29 is 37.9 Å². The lowest BCUT2D eigenvalue weighted by molar-refractivity contribution is -0.0743. The number of anilines is 1. The summed E-state index contributed by atoms with van der Waals surface area (Å²) in [5.74, 6) is 1.21. The number of aromatic hydroxyl groups is 1. The van der Waals surface area contributed by atoms with E-state index < -0.39 is 0 Å². The number of aryl methyl sites for hydroxylation is 1. The number of phenols is 1. The molecule has 0 bridgehead atoms. The zero-order chi connectivity index (χ0) is 31.6. The van der Waals surface area contributed by atoms with Crippen LogP contribution in [0.15, 0.2) is 70.4 Å². The van der Waals surface area contributed by atoms with E-state index in [2.05, 4.69) is 17.5 Å². The summed E-state index contributed by atoms with van der Waals surface area (Å²) in [6, 6.07) is 13.9. The molecule has 0 amide bonds. The molecule has 10 nitrogen and oxygen atoms in total. The van der Waals surface area contributed by atoms with Crippen molar-refractivity contribution in [1.82, 2.24) is 0 Å². The monoisotopic (exact) mass is 619 g/mol. The van der Waals surface area contributed by atoms with Crippen molar-refractivity contribution in [3.8, 4) is 33.9 Å². The molecule has 0 radical (unpaired) electrons. The van der Waals surface area contributed by atoms with Crippen LogP contribution >= 0.6 is 0 Å². The largest absolute Gasteiger partial charge is 0.508 e. The molecule has 2 aliphatic heterocycles. The maximum atomic E-state index is 12.2. The summed E-state index contributed by atoms with van der Waals surface area (Å²) in [7, 11) is 1.65. The molecule has 1 N–H and O–H groups in total. The molecule has 0 spiro atoms. The van der Waals surface area contributed by atoms with Crippen LogP contribution in [-0.4, -0.2) is 90.9 Å². The first-order chi connectivity index (χ1) is 22.0. The van der Waals surface area contributed by atoms with Crippen molar-refractivity contribution in [2.24, 2.45) is 0 Å². The van der Waals surface area contributed by atoms with E-state index in [4.69, 9.17) is 32.8 Å². The Bertz CT molecular complexity index is 1600. The highest BCUT2D eigenvalue weighted by Gasteiger charge is 2.22. The Hall–Kier alpha value is -3.93. The van der Waals surface area contributed by atoms with Crippen molar-refractivity contribution in [2.75, 3.05) is 84.6 Å². The van der Waals surface area contributed by atoms with E-state index in [0.29, 0.717) is 89.6 Å². The van der Waals surface area contributed by atoms with E-state index >= 15 is 0 Å². The van der Waals surface area contributed by atoms with Gasteiger partial charge in [0.15, 0.2) is 5.43 Å². The maximum absolute atomic E-state index is 12.2. The van der Waals surface area contributed by atoms with Crippen LogP contribution in [0.2, 0.25) is 0 Å². The Balaban J connectivity index is 1.41. The summed E-state index contributed by atoms with van der Waals surface area (Å²) >= 11 is 0. The Kier molecular flexibility index (Phi) is 11.5. The first kappa shape index (κ1) is 32.5. The van der Waals surface area contributed by atoms with Gasteiger partial charge in [0.05, 0.1) is 72.3 Å².